The lowest BCUT2D eigenvalue weighted by Crippen LogP contribution is -2.34. The van der Waals surface area contributed by atoms with Crippen molar-refractivity contribution in [3.63, 3.8) is 0 Å². The molecule has 12 N–H and O–H groups in total. The Hall–Kier alpha value is -6.86. The van der Waals surface area contributed by atoms with E-state index in [9.17, 15) is 79.2 Å². The zero-order chi connectivity index (χ0) is 45.8. The number of carbonyl (C=O) groups is 8. The summed E-state index contributed by atoms with van der Waals surface area (Å²) < 4.78 is 0. The monoisotopic (exact) mass is 866 g/mol. The van der Waals surface area contributed by atoms with Crippen molar-refractivity contribution in [1.29, 1.82) is 0 Å². The van der Waals surface area contributed by atoms with E-state index >= 15 is 0 Å². The lowest BCUT2D eigenvalue weighted by Gasteiger charge is -2.32. The Morgan fingerprint density at radius 2 is 1.16 bits per heavy atom. The van der Waals surface area contributed by atoms with E-state index in [1.165, 1.54) is 18.2 Å². The van der Waals surface area contributed by atoms with E-state index in [1.54, 1.807) is 19.9 Å². The van der Waals surface area contributed by atoms with Gasteiger partial charge >= 0.3 is 47.8 Å². The molecule has 20 nitrogen and oxygen atoms in total. The lowest BCUT2D eigenvalue weighted by molar-refractivity contribution is -0.140. The predicted molar refractivity (Wildman–Crippen MR) is 214 cm³/mol. The van der Waals surface area contributed by atoms with E-state index in [-0.39, 0.29) is 76.7 Å². The predicted octanol–water partition coefficient (Wildman–Crippen LogP) is 3.43. The molecule has 0 saturated carbocycles. The summed E-state index contributed by atoms with van der Waals surface area (Å²) in [4.78, 5) is 101. The Kier molecular flexibility index (Phi) is 13.7. The van der Waals surface area contributed by atoms with E-state index in [2.05, 4.69) is 20.9 Å². The first kappa shape index (κ1) is 46.2. The van der Waals surface area contributed by atoms with Gasteiger partial charge in [-0.3, -0.25) is 38.4 Å². The van der Waals surface area contributed by atoms with Gasteiger partial charge in [-0.2, -0.15) is 0 Å². The normalized spacial score (nSPS) is 28.4. The van der Waals surface area contributed by atoms with Crippen molar-refractivity contribution in [1.82, 2.24) is 20.9 Å². The van der Waals surface area contributed by atoms with Gasteiger partial charge in [0.1, 0.15) is 0 Å². The number of fused-ring (bicyclic) bond motifs is 8. The molecular formula is C42H50N4O16. The summed E-state index contributed by atoms with van der Waals surface area (Å²) in [5, 5.41) is 89.7. The van der Waals surface area contributed by atoms with E-state index in [0.29, 0.717) is 5.57 Å². The Labute approximate surface area is 353 Å². The number of carboxylic acids is 8. The Bertz CT molecular complexity index is 2250. The highest BCUT2D eigenvalue weighted by Crippen LogP contribution is 2.52. The van der Waals surface area contributed by atoms with Crippen LogP contribution in [0.4, 0.5) is 0 Å². The molecule has 334 valence electrons. The van der Waals surface area contributed by atoms with Crippen LogP contribution >= 0.6 is 0 Å². The third-order valence-corrected chi connectivity index (χ3v) is 12.4. The molecular weight excluding hydrogens is 816 g/mol. The van der Waals surface area contributed by atoms with Crippen LogP contribution in [0.3, 0.4) is 0 Å². The minimum atomic E-state index is -1.46. The highest BCUT2D eigenvalue weighted by molar-refractivity contribution is 5.78. The first-order valence-corrected chi connectivity index (χ1v) is 19.9. The minimum absolute atomic E-state index is 0.0871. The third kappa shape index (κ3) is 10.2. The average Bonchev–Trinajstić information content (AvgIpc) is 3.77. The summed E-state index contributed by atoms with van der Waals surface area (Å²) in [7, 11) is 0. The molecule has 20 heteroatoms. The fraction of sp³-hybridized carbons (Fsp3) is 0.476. The molecule has 6 atom stereocenters. The summed E-state index contributed by atoms with van der Waals surface area (Å²) in [6.07, 6.45) is 1.63. The average molecular weight is 867 g/mol. The number of aromatic amines is 1. The molecule has 0 spiro atoms. The standard InChI is InChI=1S/C42H50N4O16/c1-41(17-39(59)60)23(5-9-35(51)52)29-14-27-21(11-37(55)56)19(3-7-33(47)48)25(43-27)13-26-20(4-8-34(49)50)22(12-38(57)58)28(44-26)15-31-42(2,18-40(61)62)24(6-10-36(53)54)30(46-31)16-32(41)45-29/h13-16,19,21,24,30,43-46H,3-12,17-18H2,1-2H3,(H,47,48)(H,49,50)(H,51,52)(H,53,54)(H,55,56)(H,57,58)(H,59,60)(H,61,62)/b25-13-,27-14-,31-15-,32-16-/t19-,21+,24-,30?,41+,42+/m1/s1. The maximum absolute atomic E-state index is 12.6. The summed E-state index contributed by atoms with van der Waals surface area (Å²) in [6.45, 7) is 3.19. The van der Waals surface area contributed by atoms with E-state index in [4.69, 9.17) is 0 Å². The molecule has 2 saturated heterocycles. The molecule has 1 aromatic rings. The van der Waals surface area contributed by atoms with Crippen molar-refractivity contribution < 1.29 is 79.2 Å². The van der Waals surface area contributed by atoms with Gasteiger partial charge in [0.2, 0.25) is 0 Å². The molecule has 0 aliphatic carbocycles. The van der Waals surface area contributed by atoms with Crippen LogP contribution in [0.1, 0.15) is 101 Å². The zero-order valence-corrected chi connectivity index (χ0v) is 33.9. The van der Waals surface area contributed by atoms with Crippen LogP contribution in [0, 0.1) is 28.6 Å². The van der Waals surface area contributed by atoms with Crippen molar-refractivity contribution in [2.24, 2.45) is 28.6 Å². The number of carboxylic acid groups (broad SMARTS) is 8. The molecule has 0 radical (unpaired) electrons. The number of H-pyrrole nitrogens is 1. The molecule has 5 rings (SSSR count). The first-order chi connectivity index (χ1) is 29.0. The van der Waals surface area contributed by atoms with E-state index in [1.807, 2.05) is 0 Å². The number of hydrogen-bond acceptors (Lipinski definition) is 11. The van der Waals surface area contributed by atoms with Crippen LogP contribution in [-0.4, -0.2) is 99.6 Å². The van der Waals surface area contributed by atoms with Crippen LogP contribution in [0.5, 0.6) is 0 Å². The van der Waals surface area contributed by atoms with Gasteiger partial charge in [0.25, 0.3) is 0 Å². The van der Waals surface area contributed by atoms with Gasteiger partial charge < -0.3 is 61.8 Å². The van der Waals surface area contributed by atoms with Gasteiger partial charge in [-0.05, 0) is 79.5 Å². The number of hydrogen-bond donors (Lipinski definition) is 12. The molecule has 4 aliphatic rings. The largest absolute Gasteiger partial charge is 0.481 e. The van der Waals surface area contributed by atoms with Gasteiger partial charge in [-0.1, -0.05) is 6.92 Å². The van der Waals surface area contributed by atoms with Gasteiger partial charge in [-0.25, -0.2) is 0 Å². The number of aromatic nitrogens is 1. The van der Waals surface area contributed by atoms with Crippen LogP contribution in [0.2, 0.25) is 0 Å². The molecule has 1 aromatic heterocycles. The number of nitrogens with one attached hydrogen (secondary N) is 4. The molecule has 8 bridgehead atoms. The summed E-state index contributed by atoms with van der Waals surface area (Å²) in [5.74, 6) is -12.4. The molecule has 2 fully saturated rings. The third-order valence-electron chi connectivity index (χ3n) is 12.4. The summed E-state index contributed by atoms with van der Waals surface area (Å²) in [6, 6.07) is -0.915. The topological polar surface area (TPSA) is 350 Å². The highest BCUT2D eigenvalue weighted by atomic mass is 16.4. The molecule has 5 heterocycles. The second-order valence-electron chi connectivity index (χ2n) is 16.6. The van der Waals surface area contributed by atoms with Crippen molar-refractivity contribution in [3.05, 3.63) is 68.7 Å². The smallest absolute Gasteiger partial charge is 0.307 e. The Morgan fingerprint density at radius 3 is 1.74 bits per heavy atom. The molecule has 62 heavy (non-hydrogen) atoms. The van der Waals surface area contributed by atoms with Gasteiger partial charge in [-0.15, -0.1) is 0 Å². The summed E-state index contributed by atoms with van der Waals surface area (Å²) in [5.41, 5.74) is -0.540. The number of allylic oxidation sites excluding steroid dienone is 5. The van der Waals surface area contributed by atoms with Crippen LogP contribution in [0.15, 0.2) is 46.2 Å². The van der Waals surface area contributed by atoms with Crippen molar-refractivity contribution in [2.75, 3.05) is 0 Å². The number of aliphatic carboxylic acids is 8. The fourth-order valence-electron chi connectivity index (χ4n) is 9.56. The Balaban J connectivity index is 1.94. The van der Waals surface area contributed by atoms with E-state index in [0.717, 1.165) is 0 Å². The SMILES string of the molecule is C[C@]1(CC(=O)O)C(CCC(=O)O)=C2/C=C3\N/C(=C\c4[nH]c(c(CC(=O)O)c4CCC(=O)O)/C=C4\NC(/C=C/1N2)[C@@H](CCC(=O)O)[C@]4(C)CC(=O)O)[C@H](CCC(=O)O)[C@@H]3CC(=O)O. The highest BCUT2D eigenvalue weighted by Gasteiger charge is 2.51. The second-order valence-corrected chi connectivity index (χ2v) is 16.6. The second kappa shape index (κ2) is 18.4. The Morgan fingerprint density at radius 1 is 0.581 bits per heavy atom. The lowest BCUT2D eigenvalue weighted by atomic mass is 9.69. The quantitative estimate of drug-likeness (QED) is 0.0893. The molecule has 0 aromatic carbocycles. The maximum atomic E-state index is 12.6. The van der Waals surface area contributed by atoms with Crippen LogP contribution in [0.25, 0.3) is 12.2 Å². The number of rotatable bonds is 20. The van der Waals surface area contributed by atoms with Crippen molar-refractivity contribution in [2.45, 2.75) is 96.9 Å². The van der Waals surface area contributed by atoms with Crippen molar-refractivity contribution >= 4 is 59.9 Å². The van der Waals surface area contributed by atoms with Gasteiger partial charge in [0.05, 0.1) is 25.7 Å². The van der Waals surface area contributed by atoms with Crippen LogP contribution < -0.4 is 16.0 Å². The molecule has 1 unspecified atom stereocenters. The maximum Gasteiger partial charge on any atom is 0.307 e. The molecule has 4 aliphatic heterocycles. The molecule has 0 amide bonds. The fourth-order valence-corrected chi connectivity index (χ4v) is 9.56. The van der Waals surface area contributed by atoms with Crippen molar-refractivity contribution in [3.8, 4) is 0 Å². The minimum Gasteiger partial charge on any atom is -0.481 e. The zero-order valence-electron chi connectivity index (χ0n) is 33.9. The van der Waals surface area contributed by atoms with Gasteiger partial charge in [0.15, 0.2) is 0 Å². The van der Waals surface area contributed by atoms with E-state index < -0.39 is 134 Å². The van der Waals surface area contributed by atoms with Crippen LogP contribution in [-0.2, 0) is 51.2 Å². The first-order valence-electron chi connectivity index (χ1n) is 19.9. The summed E-state index contributed by atoms with van der Waals surface area (Å²) >= 11 is 0. The van der Waals surface area contributed by atoms with Gasteiger partial charge in [0, 0.05) is 94.3 Å².